The van der Waals surface area contributed by atoms with E-state index in [1.807, 2.05) is 0 Å². The molecular weight excluding hydrogens is 280 g/mol. The molecule has 0 saturated carbocycles. The molecule has 2 heterocycles. The van der Waals surface area contributed by atoms with Crippen LogP contribution >= 0.6 is 12.2 Å². The molecule has 0 spiro atoms. The molecule has 3 rings (SSSR count). The van der Waals surface area contributed by atoms with Gasteiger partial charge in [-0.05, 0) is 30.4 Å². The van der Waals surface area contributed by atoms with Gasteiger partial charge >= 0.3 is 0 Å². The van der Waals surface area contributed by atoms with Crippen molar-refractivity contribution in [3.63, 3.8) is 0 Å². The van der Waals surface area contributed by atoms with Crippen molar-refractivity contribution in [3.05, 3.63) is 40.6 Å². The molecule has 6 nitrogen and oxygen atoms in total. The number of hydrogen-bond donors (Lipinski definition) is 2. The number of aromatic amines is 1. The van der Waals surface area contributed by atoms with Crippen LogP contribution in [0.4, 0.5) is 0 Å². The van der Waals surface area contributed by atoms with Gasteiger partial charge in [-0.15, -0.1) is 0 Å². The molecule has 104 valence electrons. The number of hydrogen-bond acceptors (Lipinski definition) is 5. The van der Waals surface area contributed by atoms with Gasteiger partial charge < -0.3 is 24.2 Å². The number of H-pyrrole nitrogens is 1. The van der Waals surface area contributed by atoms with Crippen LogP contribution in [0.15, 0.2) is 34.6 Å². The zero-order valence-corrected chi connectivity index (χ0v) is 11.3. The van der Waals surface area contributed by atoms with Gasteiger partial charge in [0.2, 0.25) is 0 Å². The van der Waals surface area contributed by atoms with Crippen molar-refractivity contribution in [2.24, 2.45) is 0 Å². The molecular formula is C13H12N2O4S. The summed E-state index contributed by atoms with van der Waals surface area (Å²) in [7, 11) is 0. The summed E-state index contributed by atoms with van der Waals surface area (Å²) >= 11 is 4.90. The third-order valence-corrected chi connectivity index (χ3v) is 3.00. The maximum Gasteiger partial charge on any atom is 0.266 e. The molecule has 1 aromatic carbocycles. The summed E-state index contributed by atoms with van der Waals surface area (Å²) in [5.41, 5.74) is 1.81. The second kappa shape index (κ2) is 5.38. The Hall–Kier alpha value is -2.28. The van der Waals surface area contributed by atoms with Gasteiger partial charge in [-0.25, -0.2) is 0 Å². The number of carbonyl (C=O) groups is 1. The standard InChI is InChI=1S/C13H12N2O4S/c16-12(14-6-9-7-17-3-4-18-9)8-1-2-10-11(5-8)19-13(20)15-10/h1-2,5,7H,3-4,6H2,(H,14,16)(H,15,20). The smallest absolute Gasteiger partial charge is 0.266 e. The molecule has 0 bridgehead atoms. The summed E-state index contributed by atoms with van der Waals surface area (Å²) in [6.07, 6.45) is 1.51. The molecule has 0 unspecified atom stereocenters. The molecule has 0 saturated heterocycles. The minimum absolute atomic E-state index is 0.218. The Morgan fingerprint density at radius 2 is 2.30 bits per heavy atom. The molecule has 2 N–H and O–H groups in total. The van der Waals surface area contributed by atoms with E-state index in [9.17, 15) is 4.79 Å². The Labute approximate surface area is 119 Å². The van der Waals surface area contributed by atoms with E-state index in [2.05, 4.69) is 10.3 Å². The van der Waals surface area contributed by atoms with E-state index < -0.39 is 0 Å². The molecule has 20 heavy (non-hydrogen) atoms. The molecule has 2 aromatic rings. The zero-order chi connectivity index (χ0) is 13.9. The van der Waals surface area contributed by atoms with Crippen LogP contribution in [0.5, 0.6) is 0 Å². The first-order chi connectivity index (χ1) is 9.72. The van der Waals surface area contributed by atoms with Crippen molar-refractivity contribution in [2.45, 2.75) is 0 Å². The highest BCUT2D eigenvalue weighted by Crippen LogP contribution is 2.15. The van der Waals surface area contributed by atoms with Crippen LogP contribution in [0.3, 0.4) is 0 Å². The van der Waals surface area contributed by atoms with E-state index in [1.165, 1.54) is 6.26 Å². The molecule has 7 heteroatoms. The fourth-order valence-corrected chi connectivity index (χ4v) is 2.06. The maximum absolute atomic E-state index is 12.0. The lowest BCUT2D eigenvalue weighted by Crippen LogP contribution is -2.27. The van der Waals surface area contributed by atoms with Gasteiger partial charge in [0.1, 0.15) is 25.2 Å². The number of aromatic nitrogens is 1. The summed E-state index contributed by atoms with van der Waals surface area (Å²) in [6, 6.07) is 5.09. The Kier molecular flexibility index (Phi) is 3.42. The van der Waals surface area contributed by atoms with Crippen LogP contribution in [0, 0.1) is 4.84 Å². The lowest BCUT2D eigenvalue weighted by Gasteiger charge is -2.15. The molecule has 1 aliphatic heterocycles. The highest BCUT2D eigenvalue weighted by molar-refractivity contribution is 7.71. The van der Waals surface area contributed by atoms with E-state index in [-0.39, 0.29) is 17.3 Å². The largest absolute Gasteiger partial charge is 0.494 e. The first kappa shape index (κ1) is 12.7. The molecule has 0 aliphatic carbocycles. The summed E-state index contributed by atoms with van der Waals surface area (Å²) in [4.78, 5) is 15.2. The highest BCUT2D eigenvalue weighted by Gasteiger charge is 2.11. The maximum atomic E-state index is 12.0. The topological polar surface area (TPSA) is 76.5 Å². The number of ether oxygens (including phenoxy) is 2. The van der Waals surface area contributed by atoms with Crippen molar-refractivity contribution >= 4 is 29.2 Å². The quantitative estimate of drug-likeness (QED) is 0.847. The summed E-state index contributed by atoms with van der Waals surface area (Å²) in [6.45, 7) is 1.32. The van der Waals surface area contributed by atoms with Crippen LogP contribution in [-0.2, 0) is 9.47 Å². The lowest BCUT2D eigenvalue weighted by molar-refractivity contribution is 0.0775. The van der Waals surface area contributed by atoms with Crippen LogP contribution in [-0.4, -0.2) is 30.6 Å². The van der Waals surface area contributed by atoms with E-state index in [1.54, 1.807) is 18.2 Å². The summed E-state index contributed by atoms with van der Waals surface area (Å²) in [5.74, 6) is 0.383. The number of benzene rings is 1. The molecule has 0 fully saturated rings. The first-order valence-corrected chi connectivity index (χ1v) is 6.48. The van der Waals surface area contributed by atoms with Crippen molar-refractivity contribution in [2.75, 3.05) is 19.8 Å². The lowest BCUT2D eigenvalue weighted by atomic mass is 10.2. The van der Waals surface area contributed by atoms with Crippen LogP contribution < -0.4 is 5.32 Å². The number of fused-ring (bicyclic) bond motifs is 1. The predicted molar refractivity (Wildman–Crippen MR) is 73.7 cm³/mol. The monoisotopic (exact) mass is 292 g/mol. The zero-order valence-electron chi connectivity index (χ0n) is 10.5. The Bertz CT molecular complexity index is 731. The van der Waals surface area contributed by atoms with Gasteiger partial charge in [-0.3, -0.25) is 4.79 Å². The van der Waals surface area contributed by atoms with Gasteiger partial charge in [-0.2, -0.15) is 0 Å². The van der Waals surface area contributed by atoms with Crippen molar-refractivity contribution < 1.29 is 18.7 Å². The first-order valence-electron chi connectivity index (χ1n) is 6.07. The normalized spacial score (nSPS) is 14.3. The van der Waals surface area contributed by atoms with Crippen LogP contribution in [0.1, 0.15) is 10.4 Å². The second-order valence-corrected chi connectivity index (χ2v) is 4.58. The van der Waals surface area contributed by atoms with Crippen molar-refractivity contribution in [1.29, 1.82) is 0 Å². The van der Waals surface area contributed by atoms with Gasteiger partial charge in [-0.1, -0.05) is 0 Å². The van der Waals surface area contributed by atoms with Gasteiger partial charge in [0.15, 0.2) is 5.58 Å². The average Bonchev–Trinajstić information content (AvgIpc) is 2.85. The summed E-state index contributed by atoms with van der Waals surface area (Å²) < 4.78 is 15.7. The molecule has 1 aliphatic rings. The van der Waals surface area contributed by atoms with E-state index in [0.29, 0.717) is 30.1 Å². The fourth-order valence-electron chi connectivity index (χ4n) is 1.86. The summed E-state index contributed by atoms with van der Waals surface area (Å²) in [5, 5.41) is 2.75. The highest BCUT2D eigenvalue weighted by atomic mass is 32.1. The number of rotatable bonds is 3. The number of oxazole rings is 1. The average molecular weight is 292 g/mol. The van der Waals surface area contributed by atoms with Gasteiger partial charge in [0.05, 0.1) is 12.1 Å². The van der Waals surface area contributed by atoms with Crippen molar-refractivity contribution in [1.82, 2.24) is 10.3 Å². The number of amides is 1. The Morgan fingerprint density at radius 3 is 3.10 bits per heavy atom. The molecule has 1 amide bonds. The SMILES string of the molecule is O=C(NCC1=COCCO1)c1ccc2[nH]c(=S)oc2c1. The Balaban J connectivity index is 1.71. The third kappa shape index (κ3) is 2.67. The molecule has 0 atom stereocenters. The van der Waals surface area contributed by atoms with Crippen LogP contribution in [0.25, 0.3) is 11.1 Å². The Morgan fingerprint density at radius 1 is 1.40 bits per heavy atom. The second-order valence-electron chi connectivity index (χ2n) is 4.21. The molecule has 0 radical (unpaired) electrons. The number of carbonyl (C=O) groups excluding carboxylic acids is 1. The van der Waals surface area contributed by atoms with Crippen LogP contribution in [0.2, 0.25) is 0 Å². The molecule has 1 aromatic heterocycles. The van der Waals surface area contributed by atoms with E-state index in [0.717, 1.165) is 5.52 Å². The van der Waals surface area contributed by atoms with E-state index in [4.69, 9.17) is 26.1 Å². The third-order valence-electron chi connectivity index (χ3n) is 2.81. The van der Waals surface area contributed by atoms with Gasteiger partial charge in [0.25, 0.3) is 10.7 Å². The minimum atomic E-state index is -0.218. The predicted octanol–water partition coefficient (Wildman–Crippen LogP) is 2.11. The van der Waals surface area contributed by atoms with Gasteiger partial charge in [0, 0.05) is 5.56 Å². The number of nitrogens with one attached hydrogen (secondary N) is 2. The minimum Gasteiger partial charge on any atom is -0.494 e. The van der Waals surface area contributed by atoms with E-state index >= 15 is 0 Å². The fraction of sp³-hybridized carbons (Fsp3) is 0.231. The van der Waals surface area contributed by atoms with Crippen molar-refractivity contribution in [3.8, 4) is 0 Å².